The molecule has 2 fully saturated rings. The summed E-state index contributed by atoms with van der Waals surface area (Å²) in [6.45, 7) is 3.81. The smallest absolute Gasteiger partial charge is 0.334 e. The van der Waals surface area contributed by atoms with Gasteiger partial charge in [-0.2, -0.15) is 0 Å². The van der Waals surface area contributed by atoms with E-state index in [4.69, 9.17) is 0 Å². The van der Waals surface area contributed by atoms with Crippen molar-refractivity contribution in [3.05, 3.63) is 48.0 Å². The number of carboxylic acid groups (broad SMARTS) is 1. The Morgan fingerprint density at radius 1 is 0.925 bits per heavy atom. The summed E-state index contributed by atoms with van der Waals surface area (Å²) in [5.74, 6) is -2.54. The Balaban J connectivity index is 1.52. The highest BCUT2D eigenvalue weighted by Gasteiger charge is 2.40. The average Bonchev–Trinajstić information content (AvgIpc) is 3.45. The maximum Gasteiger partial charge on any atom is 0.334 e. The lowest BCUT2D eigenvalue weighted by Gasteiger charge is -2.33. The van der Waals surface area contributed by atoms with Crippen LogP contribution in [-0.4, -0.2) is 69.6 Å². The van der Waals surface area contributed by atoms with Crippen LogP contribution in [0.15, 0.2) is 42.5 Å². The number of rotatable bonds is 10. The van der Waals surface area contributed by atoms with Crippen molar-refractivity contribution in [2.24, 2.45) is 11.8 Å². The number of nitrogens with one attached hydrogen (secondary N) is 2. The molecular weight excluding hydrogens is 510 g/mol. The van der Waals surface area contributed by atoms with Gasteiger partial charge in [-0.15, -0.1) is 0 Å². The van der Waals surface area contributed by atoms with E-state index in [1.54, 1.807) is 19.9 Å². The monoisotopic (exact) mass is 551 g/mol. The van der Waals surface area contributed by atoms with Crippen molar-refractivity contribution in [2.75, 3.05) is 6.54 Å². The van der Waals surface area contributed by atoms with Gasteiger partial charge < -0.3 is 25.7 Å². The molecule has 2 aromatic carbocycles. The molecule has 4 atom stereocenters. The van der Waals surface area contributed by atoms with Crippen LogP contribution < -0.4 is 10.6 Å². The predicted octanol–water partition coefficient (Wildman–Crippen LogP) is 3.49. The molecule has 9 nitrogen and oxygen atoms in total. The van der Waals surface area contributed by atoms with Gasteiger partial charge in [-0.05, 0) is 54.0 Å². The number of amides is 3. The molecular formula is C31H41N3O6. The molecule has 1 saturated carbocycles. The average molecular weight is 552 g/mol. The van der Waals surface area contributed by atoms with Crippen molar-refractivity contribution >= 4 is 34.5 Å². The summed E-state index contributed by atoms with van der Waals surface area (Å²) in [5.41, 5.74) is 0.471. The van der Waals surface area contributed by atoms with Gasteiger partial charge in [0.1, 0.15) is 12.1 Å². The standard InChI is InChI=1S/C31H41N3O6/c1-19(2)26(27(35)31(39)40)33-29(37)25-13-8-16-34(25)30(38)24(17-20-9-4-3-5-10-20)32-28(36)23-15-14-21-11-6-7-12-22(21)18-23/h6-7,11-12,14-15,18-20,24-27,35H,3-5,8-10,13,16-17H2,1-2H3,(H,32,36)(H,33,37)(H,39,40). The maximum absolute atomic E-state index is 14.0. The highest BCUT2D eigenvalue weighted by Crippen LogP contribution is 2.29. The van der Waals surface area contributed by atoms with Gasteiger partial charge in [-0.1, -0.05) is 76.3 Å². The minimum Gasteiger partial charge on any atom is -0.479 e. The molecule has 1 heterocycles. The van der Waals surface area contributed by atoms with E-state index in [0.29, 0.717) is 37.3 Å². The highest BCUT2D eigenvalue weighted by molar-refractivity contribution is 6.01. The summed E-state index contributed by atoms with van der Waals surface area (Å²) in [6.07, 6.45) is 5.18. The normalized spacial score (nSPS) is 20.2. The van der Waals surface area contributed by atoms with Crippen molar-refractivity contribution < 1.29 is 29.4 Å². The number of carboxylic acids is 1. The molecule has 0 spiro atoms. The van der Waals surface area contributed by atoms with Gasteiger partial charge in [-0.3, -0.25) is 14.4 Å². The number of aliphatic carboxylic acids is 1. The fourth-order valence-electron chi connectivity index (χ4n) is 6.08. The molecule has 4 unspecified atom stereocenters. The predicted molar refractivity (Wildman–Crippen MR) is 152 cm³/mol. The number of benzene rings is 2. The lowest BCUT2D eigenvalue weighted by atomic mass is 9.84. The Morgan fingerprint density at radius 2 is 1.62 bits per heavy atom. The zero-order valence-corrected chi connectivity index (χ0v) is 23.3. The molecule has 2 aliphatic rings. The van der Waals surface area contributed by atoms with Crippen LogP contribution in [0.5, 0.6) is 0 Å². The second-order valence-electron chi connectivity index (χ2n) is 11.6. The van der Waals surface area contributed by atoms with Crippen LogP contribution in [0.3, 0.4) is 0 Å². The summed E-state index contributed by atoms with van der Waals surface area (Å²) in [5, 5.41) is 27.0. The Labute approximate surface area is 235 Å². The number of hydrogen-bond acceptors (Lipinski definition) is 5. The van der Waals surface area contributed by atoms with Gasteiger partial charge in [0, 0.05) is 12.1 Å². The van der Waals surface area contributed by atoms with E-state index in [1.807, 2.05) is 36.4 Å². The lowest BCUT2D eigenvalue weighted by Crippen LogP contribution is -2.57. The van der Waals surface area contributed by atoms with Crippen molar-refractivity contribution in [1.82, 2.24) is 15.5 Å². The van der Waals surface area contributed by atoms with Gasteiger partial charge in [-0.25, -0.2) is 4.79 Å². The Kier molecular flexibility index (Phi) is 9.79. The van der Waals surface area contributed by atoms with Crippen molar-refractivity contribution in [2.45, 2.75) is 89.4 Å². The van der Waals surface area contributed by atoms with Crippen molar-refractivity contribution in [1.29, 1.82) is 0 Å². The van der Waals surface area contributed by atoms with E-state index in [2.05, 4.69) is 10.6 Å². The Morgan fingerprint density at radius 3 is 2.30 bits per heavy atom. The number of carbonyl (C=O) groups is 4. The summed E-state index contributed by atoms with van der Waals surface area (Å²) >= 11 is 0. The minimum atomic E-state index is -1.75. The van der Waals surface area contributed by atoms with Gasteiger partial charge >= 0.3 is 5.97 Å². The SMILES string of the molecule is CC(C)C(NC(=O)C1CCCN1C(=O)C(CC1CCCCC1)NC(=O)c1ccc2ccccc2c1)C(O)C(=O)O. The first-order chi connectivity index (χ1) is 19.2. The van der Waals surface area contributed by atoms with Gasteiger partial charge in [0.15, 0.2) is 6.10 Å². The quantitative estimate of drug-likeness (QED) is 0.357. The van der Waals surface area contributed by atoms with Crippen LogP contribution in [-0.2, 0) is 14.4 Å². The number of hydrogen-bond donors (Lipinski definition) is 4. The molecule has 1 saturated heterocycles. The molecule has 4 rings (SSSR count). The zero-order valence-electron chi connectivity index (χ0n) is 23.3. The number of fused-ring (bicyclic) bond motifs is 1. The van der Waals surface area contributed by atoms with Crippen molar-refractivity contribution in [3.63, 3.8) is 0 Å². The molecule has 40 heavy (non-hydrogen) atoms. The number of carbonyl (C=O) groups excluding carboxylic acids is 3. The molecule has 0 radical (unpaired) electrons. The summed E-state index contributed by atoms with van der Waals surface area (Å²) in [6, 6.07) is 10.7. The van der Waals surface area contributed by atoms with E-state index >= 15 is 0 Å². The molecule has 4 N–H and O–H groups in total. The summed E-state index contributed by atoms with van der Waals surface area (Å²) < 4.78 is 0. The first-order valence-electron chi connectivity index (χ1n) is 14.5. The second-order valence-corrected chi connectivity index (χ2v) is 11.6. The first-order valence-corrected chi connectivity index (χ1v) is 14.5. The van der Waals surface area contributed by atoms with Crippen LogP contribution in [0, 0.1) is 11.8 Å². The van der Waals surface area contributed by atoms with Gasteiger partial charge in [0.05, 0.1) is 6.04 Å². The van der Waals surface area contributed by atoms with E-state index in [0.717, 1.165) is 36.5 Å². The van der Waals surface area contributed by atoms with Crippen LogP contribution in [0.1, 0.15) is 75.6 Å². The fraction of sp³-hybridized carbons (Fsp3) is 0.548. The molecule has 1 aliphatic heterocycles. The van der Waals surface area contributed by atoms with E-state index in [1.165, 1.54) is 11.3 Å². The minimum absolute atomic E-state index is 0.294. The van der Waals surface area contributed by atoms with Crippen LogP contribution >= 0.6 is 0 Å². The first kappa shape index (κ1) is 29.5. The number of aliphatic hydroxyl groups excluding tert-OH is 1. The molecule has 3 amide bonds. The van der Waals surface area contributed by atoms with E-state index < -0.39 is 36.1 Å². The van der Waals surface area contributed by atoms with Gasteiger partial charge in [0.25, 0.3) is 5.91 Å². The zero-order chi connectivity index (χ0) is 28.8. The summed E-state index contributed by atoms with van der Waals surface area (Å²) in [4.78, 5) is 53.5. The number of likely N-dealkylation sites (tertiary alicyclic amines) is 1. The van der Waals surface area contributed by atoms with Crippen LogP contribution in [0.25, 0.3) is 10.8 Å². The van der Waals surface area contributed by atoms with Crippen LogP contribution in [0.4, 0.5) is 0 Å². The highest BCUT2D eigenvalue weighted by atomic mass is 16.4. The maximum atomic E-state index is 14.0. The molecule has 9 heteroatoms. The number of nitrogens with zero attached hydrogens (tertiary/aromatic N) is 1. The fourth-order valence-corrected chi connectivity index (χ4v) is 6.08. The molecule has 0 bridgehead atoms. The molecule has 1 aliphatic carbocycles. The lowest BCUT2D eigenvalue weighted by molar-refractivity contribution is -0.150. The van der Waals surface area contributed by atoms with Crippen LogP contribution in [0.2, 0.25) is 0 Å². The Hall–Kier alpha value is -3.46. The van der Waals surface area contributed by atoms with E-state index in [9.17, 15) is 29.4 Å². The summed E-state index contributed by atoms with van der Waals surface area (Å²) in [7, 11) is 0. The largest absolute Gasteiger partial charge is 0.479 e. The third kappa shape index (κ3) is 6.99. The second kappa shape index (κ2) is 13.3. The molecule has 216 valence electrons. The van der Waals surface area contributed by atoms with Gasteiger partial charge in [0.2, 0.25) is 11.8 Å². The molecule has 2 aromatic rings. The Bertz CT molecular complexity index is 1220. The van der Waals surface area contributed by atoms with Crippen molar-refractivity contribution in [3.8, 4) is 0 Å². The van der Waals surface area contributed by atoms with E-state index in [-0.39, 0.29) is 17.7 Å². The number of aliphatic hydroxyl groups is 1. The third-order valence-corrected chi connectivity index (χ3v) is 8.37. The third-order valence-electron chi connectivity index (χ3n) is 8.37. The topological polar surface area (TPSA) is 136 Å². The molecule has 0 aromatic heterocycles.